The van der Waals surface area contributed by atoms with Gasteiger partial charge in [-0.2, -0.15) is 0 Å². The van der Waals surface area contributed by atoms with Crippen LogP contribution < -0.4 is 5.32 Å². The van der Waals surface area contributed by atoms with Gasteiger partial charge in [-0.15, -0.1) is 0 Å². The number of ether oxygens (including phenoxy) is 6. The van der Waals surface area contributed by atoms with Crippen molar-refractivity contribution >= 4 is 5.91 Å². The summed E-state index contributed by atoms with van der Waals surface area (Å²) < 4.78 is 34.3. The van der Waals surface area contributed by atoms with Crippen LogP contribution in [0.15, 0.2) is 85.1 Å². The van der Waals surface area contributed by atoms with Crippen molar-refractivity contribution < 1.29 is 89.4 Å². The summed E-state index contributed by atoms with van der Waals surface area (Å²) in [6, 6.07) is -0.888. The summed E-state index contributed by atoms with van der Waals surface area (Å²) in [6.07, 6.45) is 40.0. The summed E-state index contributed by atoms with van der Waals surface area (Å²) in [5.41, 5.74) is 0. The summed E-state index contributed by atoms with van der Waals surface area (Å²) in [5, 5.41) is 120. The minimum atomic E-state index is -1.97. The van der Waals surface area contributed by atoms with Gasteiger partial charge >= 0.3 is 0 Å². The van der Waals surface area contributed by atoms with Gasteiger partial charge in [-0.05, 0) is 70.6 Å². The molecule has 0 radical (unpaired) electrons. The van der Waals surface area contributed by atoms with E-state index >= 15 is 0 Å². The number of unbranched alkanes of at least 4 members (excludes halogenated alkanes) is 22. The van der Waals surface area contributed by atoms with Gasteiger partial charge in [-0.1, -0.05) is 234 Å². The summed E-state index contributed by atoms with van der Waals surface area (Å²) in [5.74, 6) is -0.249. The fraction of sp³-hybridized carbons (Fsp3) is 0.789. The number of aliphatic hydroxyl groups is 11. The fourth-order valence-corrected chi connectivity index (χ4v) is 11.4. The lowest BCUT2D eigenvalue weighted by Gasteiger charge is -2.48. The van der Waals surface area contributed by atoms with Crippen molar-refractivity contribution in [3.8, 4) is 0 Å². The molecule has 0 aromatic heterocycles. The Bertz CT molecular complexity index is 1960. The van der Waals surface area contributed by atoms with E-state index in [9.17, 15) is 61.0 Å². The number of nitrogens with one attached hydrogen (secondary N) is 1. The molecule has 3 rings (SSSR count). The van der Waals surface area contributed by atoms with Crippen LogP contribution in [0.25, 0.3) is 0 Å². The third kappa shape index (κ3) is 33.9. The lowest BCUT2D eigenvalue weighted by Crippen LogP contribution is -2.66. The van der Waals surface area contributed by atoms with Gasteiger partial charge in [0.1, 0.15) is 73.2 Å². The van der Waals surface area contributed by atoms with E-state index in [4.69, 9.17) is 28.4 Å². The van der Waals surface area contributed by atoms with E-state index in [-0.39, 0.29) is 18.9 Å². The Morgan fingerprint density at radius 2 is 0.767 bits per heavy atom. The van der Waals surface area contributed by atoms with Crippen LogP contribution in [-0.4, -0.2) is 193 Å². The third-order valence-electron chi connectivity index (χ3n) is 17.0. The SMILES string of the molecule is CC/C=C\C/C=C\C/C=C\C/C=C\C/C=C\C/C=C\C/C=C\CCCCCCCCCCCCCCCCCC(=O)NC(COC1OC(CO)C(OC2OC(CO)C(OC3OC(CO)C(O)C(O)C3O)C(O)C2O)C(O)C1O)C(O)CCCCCCCCCC. The molecule has 17 unspecified atom stereocenters. The number of carbonyl (C=O) groups is 1. The number of allylic oxidation sites excluding steroid dienone is 14. The van der Waals surface area contributed by atoms with Crippen LogP contribution in [0.5, 0.6) is 0 Å². The van der Waals surface area contributed by atoms with E-state index in [0.29, 0.717) is 12.8 Å². The van der Waals surface area contributed by atoms with Crippen LogP contribution in [-0.2, 0) is 33.2 Å². The zero-order valence-corrected chi connectivity index (χ0v) is 54.8. The molecule has 3 aliphatic rings. The second kappa shape index (κ2) is 52.3. The molecule has 0 aromatic rings. The van der Waals surface area contributed by atoms with Crippen molar-refractivity contribution in [3.05, 3.63) is 85.1 Å². The molecule has 3 fully saturated rings. The van der Waals surface area contributed by atoms with Gasteiger partial charge < -0.3 is 89.9 Å². The molecule has 3 saturated heterocycles. The lowest BCUT2D eigenvalue weighted by molar-refractivity contribution is -0.379. The summed E-state index contributed by atoms with van der Waals surface area (Å²) >= 11 is 0. The fourth-order valence-electron chi connectivity index (χ4n) is 11.4. The topological polar surface area (TPSA) is 307 Å². The van der Waals surface area contributed by atoms with E-state index in [1.807, 2.05) is 0 Å². The van der Waals surface area contributed by atoms with Crippen LogP contribution in [0.2, 0.25) is 0 Å². The Morgan fingerprint density at radius 1 is 0.411 bits per heavy atom. The summed E-state index contributed by atoms with van der Waals surface area (Å²) in [4.78, 5) is 13.3. The van der Waals surface area contributed by atoms with E-state index in [0.717, 1.165) is 103 Å². The zero-order valence-electron chi connectivity index (χ0n) is 54.8. The van der Waals surface area contributed by atoms with E-state index < -0.39 is 124 Å². The van der Waals surface area contributed by atoms with Crippen LogP contribution in [0.4, 0.5) is 0 Å². The number of hydrogen-bond donors (Lipinski definition) is 12. The predicted molar refractivity (Wildman–Crippen MR) is 351 cm³/mol. The Labute approximate surface area is 540 Å². The monoisotopic (exact) mass is 1280 g/mol. The molecule has 520 valence electrons. The van der Waals surface area contributed by atoms with Crippen LogP contribution in [0.3, 0.4) is 0 Å². The number of carbonyl (C=O) groups excluding carboxylic acids is 1. The highest BCUT2D eigenvalue weighted by atomic mass is 16.8. The van der Waals surface area contributed by atoms with E-state index in [2.05, 4.69) is 104 Å². The van der Waals surface area contributed by atoms with E-state index in [1.165, 1.54) is 89.9 Å². The van der Waals surface area contributed by atoms with Crippen molar-refractivity contribution in [2.75, 3.05) is 26.4 Å². The first-order chi connectivity index (χ1) is 43.8. The molecule has 0 aliphatic carbocycles. The standard InChI is InChI=1S/C71H123NO18/c1-3-5-7-9-11-13-14-15-16-17-18-19-20-21-22-23-24-25-26-27-28-29-30-31-32-33-34-35-36-37-38-39-40-41-43-45-47-49-59(77)72-54(55(76)48-46-44-42-12-10-8-6-4-2)53-85-69-65(83)62(80)67(57(51-74)87-69)90-71-66(84)63(81)68(58(52-75)88-71)89-70-64(82)61(79)60(78)56(50-73)86-70/h5,7,11,13,15-16,18-19,21-22,24-25,27-28,54-58,60-71,73-76,78-84H,3-4,6,8-10,12,14,17,20,23,26,29-53H2,1-2H3,(H,72,77)/b7-5-,13-11-,16-15-,19-18-,22-21-,25-24-,28-27-. The maximum absolute atomic E-state index is 13.3. The minimum Gasteiger partial charge on any atom is -0.394 e. The maximum Gasteiger partial charge on any atom is 0.220 e. The van der Waals surface area contributed by atoms with Gasteiger partial charge in [0.15, 0.2) is 18.9 Å². The Kier molecular flexibility index (Phi) is 47.2. The first kappa shape index (κ1) is 81.2. The molecular weight excluding hydrogens is 1150 g/mol. The second-order valence-corrected chi connectivity index (χ2v) is 24.6. The lowest BCUT2D eigenvalue weighted by atomic mass is 9.96. The van der Waals surface area contributed by atoms with Gasteiger partial charge in [0.05, 0.1) is 38.6 Å². The van der Waals surface area contributed by atoms with Crippen molar-refractivity contribution in [2.45, 2.75) is 330 Å². The highest BCUT2D eigenvalue weighted by Crippen LogP contribution is 2.33. The van der Waals surface area contributed by atoms with Crippen LogP contribution >= 0.6 is 0 Å². The molecule has 17 atom stereocenters. The summed E-state index contributed by atoms with van der Waals surface area (Å²) in [6.45, 7) is 1.62. The smallest absolute Gasteiger partial charge is 0.220 e. The zero-order chi connectivity index (χ0) is 65.4. The van der Waals surface area contributed by atoms with Gasteiger partial charge in [-0.25, -0.2) is 0 Å². The molecule has 0 spiro atoms. The highest BCUT2D eigenvalue weighted by molar-refractivity contribution is 5.76. The van der Waals surface area contributed by atoms with Gasteiger partial charge in [0.25, 0.3) is 0 Å². The molecule has 19 nitrogen and oxygen atoms in total. The van der Waals surface area contributed by atoms with Crippen molar-refractivity contribution in [1.82, 2.24) is 5.32 Å². The largest absolute Gasteiger partial charge is 0.394 e. The predicted octanol–water partition coefficient (Wildman–Crippen LogP) is 9.10. The average Bonchev–Trinajstić information content (AvgIpc) is 0.847. The first-order valence-electron chi connectivity index (χ1n) is 34.8. The first-order valence-corrected chi connectivity index (χ1v) is 34.8. The minimum absolute atomic E-state index is 0.249. The number of hydrogen-bond acceptors (Lipinski definition) is 18. The molecule has 3 heterocycles. The molecule has 1 amide bonds. The number of aliphatic hydroxyl groups excluding tert-OH is 11. The van der Waals surface area contributed by atoms with E-state index in [1.54, 1.807) is 0 Å². The molecule has 90 heavy (non-hydrogen) atoms. The molecule has 12 N–H and O–H groups in total. The highest BCUT2D eigenvalue weighted by Gasteiger charge is 2.53. The van der Waals surface area contributed by atoms with Crippen molar-refractivity contribution in [1.29, 1.82) is 0 Å². The molecular formula is C71H123NO18. The normalized spacial score (nSPS) is 28.6. The molecule has 0 saturated carbocycles. The third-order valence-corrected chi connectivity index (χ3v) is 17.0. The van der Waals surface area contributed by atoms with Crippen LogP contribution in [0, 0.1) is 0 Å². The Morgan fingerprint density at radius 3 is 1.20 bits per heavy atom. The molecule has 3 aliphatic heterocycles. The number of amides is 1. The maximum atomic E-state index is 13.3. The van der Waals surface area contributed by atoms with Gasteiger partial charge in [0, 0.05) is 6.42 Å². The van der Waals surface area contributed by atoms with Gasteiger partial charge in [0.2, 0.25) is 5.91 Å². The van der Waals surface area contributed by atoms with Crippen LogP contribution in [0.1, 0.15) is 226 Å². The van der Waals surface area contributed by atoms with Crippen molar-refractivity contribution in [2.24, 2.45) is 0 Å². The Hall–Kier alpha value is -3.03. The summed E-state index contributed by atoms with van der Waals surface area (Å²) in [7, 11) is 0. The second-order valence-electron chi connectivity index (χ2n) is 24.6. The molecule has 0 aromatic carbocycles. The quantitative estimate of drug-likeness (QED) is 0.0200. The van der Waals surface area contributed by atoms with Gasteiger partial charge in [-0.3, -0.25) is 4.79 Å². The Balaban J connectivity index is 1.29. The number of rotatable bonds is 52. The van der Waals surface area contributed by atoms with Crippen molar-refractivity contribution in [3.63, 3.8) is 0 Å². The molecule has 0 bridgehead atoms. The molecule has 19 heteroatoms. The average molecular weight is 1280 g/mol.